The summed E-state index contributed by atoms with van der Waals surface area (Å²) < 4.78 is 10.9. The van der Waals surface area contributed by atoms with E-state index in [-0.39, 0.29) is 17.5 Å². The second-order valence-corrected chi connectivity index (χ2v) is 6.45. The van der Waals surface area contributed by atoms with Crippen molar-refractivity contribution in [2.24, 2.45) is 0 Å². The highest BCUT2D eigenvalue weighted by atomic mass is 16.6. The highest BCUT2D eigenvalue weighted by Gasteiger charge is 2.46. The molecule has 22 heavy (non-hydrogen) atoms. The molecule has 3 rings (SSSR count). The number of nitrogens with zero attached hydrogens (tertiary/aromatic N) is 1. The van der Waals surface area contributed by atoms with Gasteiger partial charge in [-0.3, -0.25) is 9.69 Å². The van der Waals surface area contributed by atoms with E-state index in [4.69, 9.17) is 9.47 Å². The number of esters is 1. The summed E-state index contributed by atoms with van der Waals surface area (Å²) in [4.78, 5) is 26.3. The van der Waals surface area contributed by atoms with E-state index in [9.17, 15) is 9.59 Å². The number of carbonyl (C=O) groups excluding carboxylic acids is 2. The normalized spacial score (nSPS) is 24.2. The van der Waals surface area contributed by atoms with Crippen LogP contribution >= 0.6 is 0 Å². The first-order valence-electron chi connectivity index (χ1n) is 7.31. The first-order chi connectivity index (χ1) is 10.4. The lowest BCUT2D eigenvalue weighted by Gasteiger charge is -2.23. The van der Waals surface area contributed by atoms with E-state index in [0.29, 0.717) is 6.61 Å². The fraction of sp³-hybridized carbons (Fsp3) is 0.412. The van der Waals surface area contributed by atoms with Crippen LogP contribution in [0.4, 0.5) is 0 Å². The van der Waals surface area contributed by atoms with Gasteiger partial charge in [-0.25, -0.2) is 4.79 Å². The molecule has 2 heterocycles. The summed E-state index contributed by atoms with van der Waals surface area (Å²) >= 11 is 0. The van der Waals surface area contributed by atoms with Crippen molar-refractivity contribution in [1.29, 1.82) is 0 Å². The molecule has 5 nitrogen and oxygen atoms in total. The molecule has 2 aliphatic rings. The van der Waals surface area contributed by atoms with Gasteiger partial charge >= 0.3 is 5.97 Å². The van der Waals surface area contributed by atoms with Crippen LogP contribution in [0, 0.1) is 0 Å². The van der Waals surface area contributed by atoms with Crippen LogP contribution in [0.1, 0.15) is 32.4 Å². The average molecular weight is 301 g/mol. The zero-order valence-corrected chi connectivity index (χ0v) is 12.9. The van der Waals surface area contributed by atoms with Gasteiger partial charge in [0.05, 0.1) is 12.6 Å². The molecule has 2 atom stereocenters. The van der Waals surface area contributed by atoms with Crippen LogP contribution in [0.15, 0.2) is 42.0 Å². The Balaban J connectivity index is 1.81. The molecule has 0 unspecified atom stereocenters. The van der Waals surface area contributed by atoms with Crippen LogP contribution in [0.5, 0.6) is 0 Å². The SMILES string of the molecule is CC(C)(C)OC(=O)C1=C[C@H]2OC[C@H](c3ccccc3)N2C1=O. The summed E-state index contributed by atoms with van der Waals surface area (Å²) in [6.45, 7) is 5.75. The molecule has 1 aromatic rings. The topological polar surface area (TPSA) is 55.8 Å². The molecule has 0 N–H and O–H groups in total. The molecule has 1 aromatic carbocycles. The zero-order valence-electron chi connectivity index (χ0n) is 12.9. The summed E-state index contributed by atoms with van der Waals surface area (Å²) in [6, 6.07) is 9.50. The predicted octanol–water partition coefficient (Wildman–Crippen LogP) is 2.19. The fourth-order valence-corrected chi connectivity index (χ4v) is 2.69. The van der Waals surface area contributed by atoms with E-state index in [1.807, 2.05) is 30.3 Å². The Kier molecular flexibility index (Phi) is 3.53. The third kappa shape index (κ3) is 2.64. The van der Waals surface area contributed by atoms with Crippen molar-refractivity contribution in [3.05, 3.63) is 47.5 Å². The molecule has 1 amide bonds. The number of fused-ring (bicyclic) bond motifs is 1. The standard InChI is InChI=1S/C17H19NO4/c1-17(2,3)22-16(20)12-9-14-18(15(12)19)13(10-21-14)11-7-5-4-6-8-11/h4-9,13-14H,10H2,1-3H3/t13-,14-/m1/s1. The lowest BCUT2D eigenvalue weighted by atomic mass is 10.1. The molecule has 0 radical (unpaired) electrons. The van der Waals surface area contributed by atoms with E-state index in [1.165, 1.54) is 0 Å². The van der Waals surface area contributed by atoms with Crippen LogP contribution < -0.4 is 0 Å². The number of hydrogen-bond acceptors (Lipinski definition) is 4. The monoisotopic (exact) mass is 301 g/mol. The zero-order chi connectivity index (χ0) is 15.9. The molecule has 2 aliphatic heterocycles. The van der Waals surface area contributed by atoms with Crippen LogP contribution in [0.2, 0.25) is 0 Å². The van der Waals surface area contributed by atoms with Gasteiger partial charge in [-0.2, -0.15) is 0 Å². The minimum absolute atomic E-state index is 0.0561. The largest absolute Gasteiger partial charge is 0.456 e. The molecule has 0 aromatic heterocycles. The number of carbonyl (C=O) groups is 2. The lowest BCUT2D eigenvalue weighted by molar-refractivity contribution is -0.151. The van der Waals surface area contributed by atoms with Crippen molar-refractivity contribution >= 4 is 11.9 Å². The summed E-state index contributed by atoms with van der Waals surface area (Å²) in [5.74, 6) is -0.923. The molecule has 0 saturated carbocycles. The van der Waals surface area contributed by atoms with Crippen LogP contribution in [0.25, 0.3) is 0 Å². The van der Waals surface area contributed by atoms with Gasteiger partial charge in [0.2, 0.25) is 0 Å². The van der Waals surface area contributed by atoms with E-state index < -0.39 is 17.8 Å². The van der Waals surface area contributed by atoms with Crippen LogP contribution in [-0.4, -0.2) is 35.2 Å². The number of hydrogen-bond donors (Lipinski definition) is 0. The first-order valence-corrected chi connectivity index (χ1v) is 7.31. The molecule has 1 fully saturated rings. The average Bonchev–Trinajstić information content (AvgIpc) is 2.99. The molecule has 116 valence electrons. The molecule has 0 aliphatic carbocycles. The predicted molar refractivity (Wildman–Crippen MR) is 79.7 cm³/mol. The molecule has 0 spiro atoms. The van der Waals surface area contributed by atoms with Gasteiger partial charge in [-0.05, 0) is 32.4 Å². The highest BCUT2D eigenvalue weighted by molar-refractivity contribution is 6.18. The number of benzene rings is 1. The van der Waals surface area contributed by atoms with Gasteiger partial charge in [0, 0.05) is 0 Å². The second kappa shape index (κ2) is 5.25. The maximum atomic E-state index is 12.6. The number of rotatable bonds is 2. The maximum Gasteiger partial charge on any atom is 0.344 e. The van der Waals surface area contributed by atoms with Crippen molar-refractivity contribution in [2.75, 3.05) is 6.61 Å². The third-order valence-electron chi connectivity index (χ3n) is 3.61. The van der Waals surface area contributed by atoms with E-state index in [2.05, 4.69) is 0 Å². The third-order valence-corrected chi connectivity index (χ3v) is 3.61. The smallest absolute Gasteiger partial charge is 0.344 e. The summed E-state index contributed by atoms with van der Waals surface area (Å²) in [6.07, 6.45) is 1.07. The molecule has 1 saturated heterocycles. The Labute approximate surface area is 129 Å². The van der Waals surface area contributed by atoms with Crippen molar-refractivity contribution in [2.45, 2.75) is 38.6 Å². The van der Waals surface area contributed by atoms with Gasteiger partial charge < -0.3 is 9.47 Å². The van der Waals surface area contributed by atoms with Crippen LogP contribution in [0.3, 0.4) is 0 Å². The van der Waals surface area contributed by atoms with Gasteiger partial charge in [-0.15, -0.1) is 0 Å². The summed E-state index contributed by atoms with van der Waals surface area (Å²) in [7, 11) is 0. The Morgan fingerprint density at radius 3 is 2.59 bits per heavy atom. The molecular weight excluding hydrogens is 282 g/mol. The molecule has 0 bridgehead atoms. The van der Waals surface area contributed by atoms with Crippen molar-refractivity contribution in [3.8, 4) is 0 Å². The van der Waals surface area contributed by atoms with E-state index in [0.717, 1.165) is 5.56 Å². The maximum absolute atomic E-state index is 12.6. The van der Waals surface area contributed by atoms with Crippen molar-refractivity contribution in [3.63, 3.8) is 0 Å². The fourth-order valence-electron chi connectivity index (χ4n) is 2.69. The Bertz CT molecular complexity index is 630. The van der Waals surface area contributed by atoms with Gasteiger partial charge in [0.15, 0.2) is 6.23 Å². The highest BCUT2D eigenvalue weighted by Crippen LogP contribution is 2.36. The minimum atomic E-state index is -0.634. The van der Waals surface area contributed by atoms with Gasteiger partial charge in [0.1, 0.15) is 11.2 Å². The van der Waals surface area contributed by atoms with E-state index in [1.54, 1.807) is 31.7 Å². The Morgan fingerprint density at radius 2 is 1.95 bits per heavy atom. The summed E-state index contributed by atoms with van der Waals surface area (Å²) in [5.41, 5.74) is 0.419. The van der Waals surface area contributed by atoms with Crippen molar-refractivity contribution < 1.29 is 19.1 Å². The lowest BCUT2D eigenvalue weighted by Crippen LogP contribution is -2.35. The minimum Gasteiger partial charge on any atom is -0.456 e. The number of amides is 1. The van der Waals surface area contributed by atoms with Crippen molar-refractivity contribution in [1.82, 2.24) is 4.90 Å². The number of ether oxygens (including phenoxy) is 2. The summed E-state index contributed by atoms with van der Waals surface area (Å²) in [5, 5.41) is 0. The Morgan fingerprint density at radius 1 is 1.27 bits per heavy atom. The quantitative estimate of drug-likeness (QED) is 0.621. The van der Waals surface area contributed by atoms with Gasteiger partial charge in [-0.1, -0.05) is 30.3 Å². The molecular formula is C17H19NO4. The second-order valence-electron chi connectivity index (χ2n) is 6.45. The van der Waals surface area contributed by atoms with Gasteiger partial charge in [0.25, 0.3) is 5.91 Å². The molecule has 5 heteroatoms. The van der Waals surface area contributed by atoms with E-state index >= 15 is 0 Å². The van der Waals surface area contributed by atoms with Crippen LogP contribution in [-0.2, 0) is 19.1 Å². The Hall–Kier alpha value is -2.14. The first kappa shape index (κ1) is 14.8.